The standard InChI is InChI=1S/C78H133NO18/c1-3-5-7-9-11-13-15-17-19-21-23-24-25-26-27-28-29-30-31-32-33-34-35-36-38-40-42-44-46-48-50-52-54-56-66(84)79-61(62(83)55-53-51-49-47-45-43-41-39-37-22-20-18-16-14-12-10-8-6-4-2)60-92-76-72(90)69(87)74(64(58-81)94-76)97-78-73(91)70(88)75(65(59-82)95-78)96-77-71(89)68(86)67(85)63(57-80)93-77/h5,7,11,13,17,19,23-24,26-27,29-30,32-33,35-36,40,42,61-65,67-78,80-83,85-91H,3-4,6,8-10,12,14-16,18,20-22,25,28,31,34,37-39,41,43-60H2,1-2H3,(H,79,84)/b7-5-,13-11-,19-17-,24-23-,27-26-,30-29-,33-32-,36-35-,42-40-. The molecule has 3 aliphatic rings. The van der Waals surface area contributed by atoms with E-state index in [2.05, 4.69) is 129 Å². The average molecular weight is 1370 g/mol. The summed E-state index contributed by atoms with van der Waals surface area (Å²) in [6.07, 6.45) is 51.5. The third kappa shape index (κ3) is 38.9. The third-order valence-corrected chi connectivity index (χ3v) is 18.1. The van der Waals surface area contributed by atoms with Crippen molar-refractivity contribution in [1.29, 1.82) is 0 Å². The average Bonchev–Trinajstić information content (AvgIpc) is 0.845. The van der Waals surface area contributed by atoms with Crippen molar-refractivity contribution >= 4 is 5.91 Å². The second-order valence-electron chi connectivity index (χ2n) is 26.4. The first-order chi connectivity index (χ1) is 47.3. The number of aliphatic hydroxyl groups is 11. The summed E-state index contributed by atoms with van der Waals surface area (Å²) >= 11 is 0. The SMILES string of the molecule is CC/C=C\C/C=C\C/C=C\C/C=C\C/C=C\C/C=C\C/C=C\C/C=C\C/C=C\CCCCCCCC(=O)NC(COC1OC(CO)C(OC2OC(CO)C(OC3OC(CO)C(O)C(O)C3O)C(O)C2O)C(O)C1O)C(O)CCCCCCCCCCCCCCCCCCCCC. The summed E-state index contributed by atoms with van der Waals surface area (Å²) in [6, 6.07) is -0.907. The van der Waals surface area contributed by atoms with Crippen LogP contribution in [0.4, 0.5) is 0 Å². The lowest BCUT2D eigenvalue weighted by molar-refractivity contribution is -0.379. The highest BCUT2D eigenvalue weighted by Crippen LogP contribution is 2.33. The van der Waals surface area contributed by atoms with Gasteiger partial charge in [0.05, 0.1) is 38.6 Å². The van der Waals surface area contributed by atoms with E-state index in [0.29, 0.717) is 12.8 Å². The van der Waals surface area contributed by atoms with E-state index in [0.717, 1.165) is 116 Å². The van der Waals surface area contributed by atoms with Gasteiger partial charge in [-0.05, 0) is 83.5 Å². The number of nitrogens with one attached hydrogen (secondary N) is 1. The molecule has 17 atom stereocenters. The highest BCUT2D eigenvalue weighted by atomic mass is 16.8. The summed E-state index contributed by atoms with van der Waals surface area (Å²) in [7, 11) is 0. The van der Waals surface area contributed by atoms with Gasteiger partial charge in [-0.3, -0.25) is 4.79 Å². The van der Waals surface area contributed by atoms with Crippen molar-refractivity contribution in [3.63, 3.8) is 0 Å². The maximum absolute atomic E-state index is 13.5. The fourth-order valence-electron chi connectivity index (χ4n) is 12.1. The molecule has 3 rings (SSSR count). The van der Waals surface area contributed by atoms with Gasteiger partial charge in [-0.1, -0.05) is 264 Å². The molecule has 0 aromatic heterocycles. The van der Waals surface area contributed by atoms with Crippen LogP contribution < -0.4 is 5.32 Å². The molecule has 17 unspecified atom stereocenters. The number of ether oxygens (including phenoxy) is 6. The molecule has 0 spiro atoms. The van der Waals surface area contributed by atoms with Crippen LogP contribution in [0.3, 0.4) is 0 Å². The first-order valence-electron chi connectivity index (χ1n) is 37.6. The van der Waals surface area contributed by atoms with Crippen molar-refractivity contribution in [3.05, 3.63) is 109 Å². The molecule has 0 saturated carbocycles. The maximum atomic E-state index is 13.5. The van der Waals surface area contributed by atoms with Gasteiger partial charge in [0.25, 0.3) is 0 Å². The Labute approximate surface area is 583 Å². The molecule has 0 aromatic carbocycles. The first kappa shape index (κ1) is 87.7. The minimum atomic E-state index is -1.98. The second-order valence-corrected chi connectivity index (χ2v) is 26.4. The van der Waals surface area contributed by atoms with Crippen LogP contribution in [0.1, 0.15) is 245 Å². The fourth-order valence-corrected chi connectivity index (χ4v) is 12.1. The molecular formula is C78H133NO18. The molecule has 1 amide bonds. The summed E-state index contributed by atoms with van der Waals surface area (Å²) < 4.78 is 34.4. The minimum absolute atomic E-state index is 0.237. The number of carbonyl (C=O) groups is 1. The summed E-state index contributed by atoms with van der Waals surface area (Å²) in [6.45, 7) is 1.67. The number of amides is 1. The van der Waals surface area contributed by atoms with E-state index in [-0.39, 0.29) is 18.9 Å². The van der Waals surface area contributed by atoms with Crippen LogP contribution in [0.25, 0.3) is 0 Å². The second kappa shape index (κ2) is 58.0. The van der Waals surface area contributed by atoms with Gasteiger partial charge in [-0.25, -0.2) is 0 Å². The molecule has 558 valence electrons. The number of carbonyl (C=O) groups excluding carboxylic acids is 1. The molecule has 3 heterocycles. The minimum Gasteiger partial charge on any atom is -0.394 e. The van der Waals surface area contributed by atoms with Gasteiger partial charge in [-0.15, -0.1) is 0 Å². The molecule has 12 N–H and O–H groups in total. The van der Waals surface area contributed by atoms with Crippen molar-refractivity contribution in [1.82, 2.24) is 5.32 Å². The summed E-state index contributed by atoms with van der Waals surface area (Å²) in [4.78, 5) is 13.5. The summed E-state index contributed by atoms with van der Waals surface area (Å²) in [5.74, 6) is -0.265. The van der Waals surface area contributed by atoms with Crippen LogP contribution in [0.2, 0.25) is 0 Å². The van der Waals surface area contributed by atoms with Gasteiger partial charge in [0.15, 0.2) is 18.9 Å². The molecule has 19 heteroatoms. The lowest BCUT2D eigenvalue weighted by atomic mass is 9.96. The maximum Gasteiger partial charge on any atom is 0.220 e. The molecule has 3 aliphatic heterocycles. The van der Waals surface area contributed by atoms with Crippen LogP contribution in [0, 0.1) is 0 Å². The molecule has 3 saturated heterocycles. The Kier molecular flexibility index (Phi) is 52.4. The van der Waals surface area contributed by atoms with Gasteiger partial charge in [-0.2, -0.15) is 0 Å². The molecular weight excluding hydrogens is 1240 g/mol. The van der Waals surface area contributed by atoms with E-state index >= 15 is 0 Å². The predicted molar refractivity (Wildman–Crippen MR) is 383 cm³/mol. The van der Waals surface area contributed by atoms with E-state index in [4.69, 9.17) is 28.4 Å². The van der Waals surface area contributed by atoms with Crippen molar-refractivity contribution in [2.45, 2.75) is 349 Å². The topological polar surface area (TPSA) is 307 Å². The molecule has 19 nitrogen and oxygen atoms in total. The van der Waals surface area contributed by atoms with Crippen molar-refractivity contribution in [3.8, 4) is 0 Å². The van der Waals surface area contributed by atoms with Crippen LogP contribution in [0.5, 0.6) is 0 Å². The molecule has 0 aliphatic carbocycles. The number of aliphatic hydroxyl groups excluding tert-OH is 11. The lowest BCUT2D eigenvalue weighted by Gasteiger charge is -2.48. The van der Waals surface area contributed by atoms with Crippen molar-refractivity contribution in [2.24, 2.45) is 0 Å². The predicted octanol–water partition coefficient (Wildman–Crippen LogP) is 11.4. The Morgan fingerprint density at radius 1 is 0.381 bits per heavy atom. The molecule has 0 aromatic rings. The Morgan fingerprint density at radius 3 is 1.11 bits per heavy atom. The quantitative estimate of drug-likeness (QED) is 0.0199. The Morgan fingerprint density at radius 2 is 0.711 bits per heavy atom. The van der Waals surface area contributed by atoms with Crippen LogP contribution in [-0.2, 0) is 33.2 Å². The number of hydrogen-bond acceptors (Lipinski definition) is 18. The van der Waals surface area contributed by atoms with Crippen molar-refractivity contribution in [2.75, 3.05) is 26.4 Å². The van der Waals surface area contributed by atoms with Gasteiger partial charge in [0, 0.05) is 6.42 Å². The monoisotopic (exact) mass is 1370 g/mol. The van der Waals surface area contributed by atoms with Crippen LogP contribution in [-0.4, -0.2) is 193 Å². The largest absolute Gasteiger partial charge is 0.394 e. The summed E-state index contributed by atoms with van der Waals surface area (Å²) in [5.41, 5.74) is 0. The highest BCUT2D eigenvalue weighted by molar-refractivity contribution is 5.76. The third-order valence-electron chi connectivity index (χ3n) is 18.1. The normalized spacial score (nSPS) is 27.5. The van der Waals surface area contributed by atoms with Gasteiger partial charge in [0.1, 0.15) is 73.2 Å². The number of allylic oxidation sites excluding steroid dienone is 18. The Hall–Kier alpha value is -3.55. The molecule has 0 radical (unpaired) electrons. The lowest BCUT2D eigenvalue weighted by Crippen LogP contribution is -2.66. The Bertz CT molecular complexity index is 2180. The molecule has 0 bridgehead atoms. The van der Waals surface area contributed by atoms with Gasteiger partial charge in [0.2, 0.25) is 5.91 Å². The van der Waals surface area contributed by atoms with E-state index in [9.17, 15) is 61.0 Å². The van der Waals surface area contributed by atoms with Gasteiger partial charge >= 0.3 is 0 Å². The van der Waals surface area contributed by atoms with Crippen LogP contribution >= 0.6 is 0 Å². The smallest absolute Gasteiger partial charge is 0.220 e. The number of hydrogen-bond donors (Lipinski definition) is 12. The Balaban J connectivity index is 1.40. The zero-order valence-electron chi connectivity index (χ0n) is 59.3. The van der Waals surface area contributed by atoms with E-state index in [1.807, 2.05) is 0 Å². The highest BCUT2D eigenvalue weighted by Gasteiger charge is 2.53. The number of rotatable bonds is 57. The molecule has 97 heavy (non-hydrogen) atoms. The number of unbranched alkanes of at least 4 members (excludes halogenated alkanes) is 23. The summed E-state index contributed by atoms with van der Waals surface area (Å²) in [5, 5.41) is 121. The van der Waals surface area contributed by atoms with Crippen molar-refractivity contribution < 1.29 is 89.4 Å². The van der Waals surface area contributed by atoms with E-state index in [1.54, 1.807) is 0 Å². The first-order valence-corrected chi connectivity index (χ1v) is 37.6. The zero-order chi connectivity index (χ0) is 70.4. The van der Waals surface area contributed by atoms with E-state index < -0.39 is 124 Å². The molecule has 3 fully saturated rings. The fraction of sp³-hybridized carbons (Fsp3) is 0.756. The van der Waals surface area contributed by atoms with Gasteiger partial charge < -0.3 is 89.9 Å². The van der Waals surface area contributed by atoms with Crippen LogP contribution in [0.15, 0.2) is 109 Å². The van der Waals surface area contributed by atoms with E-state index in [1.165, 1.54) is 96.3 Å². The zero-order valence-corrected chi connectivity index (χ0v) is 59.3.